The number of halogens is 1. The van der Waals surface area contributed by atoms with Gasteiger partial charge in [-0.15, -0.1) is 0 Å². The van der Waals surface area contributed by atoms with Gasteiger partial charge in [-0.1, -0.05) is 15.9 Å². The maximum Gasteiger partial charge on any atom is 0.335 e. The molecule has 0 aliphatic heterocycles. The predicted octanol–water partition coefficient (Wildman–Crippen LogP) is 3.09. The number of nitrogens with zero attached hydrogens (tertiary/aromatic N) is 1. The zero-order valence-corrected chi connectivity index (χ0v) is 12.6. The summed E-state index contributed by atoms with van der Waals surface area (Å²) in [6, 6.07) is 10.1. The summed E-state index contributed by atoms with van der Waals surface area (Å²) in [4.78, 5) is 26.0. The van der Waals surface area contributed by atoms with Crippen molar-refractivity contribution < 1.29 is 9.90 Å². The number of aryl methyl sites for hydroxylation is 1. The number of aromatic amines is 1. The van der Waals surface area contributed by atoms with Gasteiger partial charge >= 0.3 is 11.7 Å². The second-order valence-electron chi connectivity index (χ2n) is 4.74. The third kappa shape index (κ3) is 2.27. The van der Waals surface area contributed by atoms with Crippen LogP contribution in [-0.4, -0.2) is 20.6 Å². The average Bonchev–Trinajstić information content (AvgIpc) is 2.77. The normalized spacial score (nSPS) is 11.0. The van der Waals surface area contributed by atoms with Gasteiger partial charge in [0.1, 0.15) is 0 Å². The van der Waals surface area contributed by atoms with Gasteiger partial charge in [-0.3, -0.25) is 4.57 Å². The zero-order chi connectivity index (χ0) is 15.1. The molecule has 3 aromatic rings. The number of rotatable bonds is 2. The van der Waals surface area contributed by atoms with Gasteiger partial charge in [0.05, 0.1) is 22.3 Å². The summed E-state index contributed by atoms with van der Waals surface area (Å²) < 4.78 is 2.42. The first-order valence-electron chi connectivity index (χ1n) is 6.22. The van der Waals surface area contributed by atoms with Crippen LogP contribution < -0.4 is 5.69 Å². The molecule has 5 nitrogen and oxygen atoms in total. The minimum absolute atomic E-state index is 0.143. The molecule has 2 aromatic carbocycles. The number of carboxylic acids is 1. The highest BCUT2D eigenvalue weighted by molar-refractivity contribution is 9.10. The molecule has 0 aliphatic rings. The average molecular weight is 347 g/mol. The van der Waals surface area contributed by atoms with E-state index in [1.165, 1.54) is 16.7 Å². The standard InChI is InChI=1S/C15H11BrN2O3/c1-8-6-10(3-4-11(8)16)18-13-7-9(14(19)20)2-5-12(13)17-15(18)21/h2-7H,1H3,(H,17,21)(H,19,20). The van der Waals surface area contributed by atoms with Gasteiger partial charge in [0.25, 0.3) is 0 Å². The summed E-state index contributed by atoms with van der Waals surface area (Å²) in [5.41, 5.74) is 2.67. The molecule has 1 aromatic heterocycles. The van der Waals surface area contributed by atoms with Crippen molar-refractivity contribution in [2.45, 2.75) is 6.92 Å². The SMILES string of the molecule is Cc1cc(-n2c(=O)[nH]c3ccc(C(=O)O)cc32)ccc1Br. The molecular weight excluding hydrogens is 336 g/mol. The Balaban J connectivity index is 2.32. The van der Waals surface area contributed by atoms with Crippen molar-refractivity contribution in [3.8, 4) is 5.69 Å². The van der Waals surface area contributed by atoms with Crippen molar-refractivity contribution in [1.82, 2.24) is 9.55 Å². The largest absolute Gasteiger partial charge is 0.478 e. The minimum atomic E-state index is -1.02. The Morgan fingerprint density at radius 2 is 2.00 bits per heavy atom. The minimum Gasteiger partial charge on any atom is -0.478 e. The van der Waals surface area contributed by atoms with Crippen LogP contribution in [0.2, 0.25) is 0 Å². The molecule has 6 heteroatoms. The van der Waals surface area contributed by atoms with Crippen molar-refractivity contribution in [3.63, 3.8) is 0 Å². The van der Waals surface area contributed by atoms with E-state index in [0.717, 1.165) is 10.0 Å². The van der Waals surface area contributed by atoms with Gasteiger partial charge in [0.2, 0.25) is 0 Å². The van der Waals surface area contributed by atoms with Crippen LogP contribution in [0.5, 0.6) is 0 Å². The highest BCUT2D eigenvalue weighted by Gasteiger charge is 2.12. The van der Waals surface area contributed by atoms with E-state index in [2.05, 4.69) is 20.9 Å². The first-order chi connectivity index (χ1) is 9.97. The zero-order valence-electron chi connectivity index (χ0n) is 11.1. The van der Waals surface area contributed by atoms with Crippen molar-refractivity contribution in [1.29, 1.82) is 0 Å². The van der Waals surface area contributed by atoms with Crippen molar-refractivity contribution in [2.75, 3.05) is 0 Å². The third-order valence-corrected chi connectivity index (χ3v) is 4.22. The maximum absolute atomic E-state index is 12.2. The molecule has 0 amide bonds. The van der Waals surface area contributed by atoms with Crippen LogP contribution in [0.3, 0.4) is 0 Å². The molecule has 3 rings (SSSR count). The molecular formula is C15H11BrN2O3. The molecule has 0 saturated carbocycles. The van der Waals surface area contributed by atoms with Crippen LogP contribution in [0.25, 0.3) is 16.7 Å². The Labute approximate surface area is 128 Å². The highest BCUT2D eigenvalue weighted by atomic mass is 79.9. The van der Waals surface area contributed by atoms with Crippen LogP contribution in [-0.2, 0) is 0 Å². The topological polar surface area (TPSA) is 75.1 Å². The third-order valence-electron chi connectivity index (χ3n) is 3.33. The summed E-state index contributed by atoms with van der Waals surface area (Å²) in [5.74, 6) is -1.02. The highest BCUT2D eigenvalue weighted by Crippen LogP contribution is 2.22. The van der Waals surface area contributed by atoms with E-state index in [1.54, 1.807) is 12.1 Å². The summed E-state index contributed by atoms with van der Waals surface area (Å²) in [7, 11) is 0. The van der Waals surface area contributed by atoms with E-state index in [0.29, 0.717) is 16.7 Å². The molecule has 0 atom stereocenters. The second kappa shape index (κ2) is 4.89. The lowest BCUT2D eigenvalue weighted by atomic mass is 10.2. The van der Waals surface area contributed by atoms with Gasteiger partial charge in [0.15, 0.2) is 0 Å². The van der Waals surface area contributed by atoms with Gasteiger partial charge in [-0.2, -0.15) is 0 Å². The van der Waals surface area contributed by atoms with Gasteiger partial charge in [-0.25, -0.2) is 9.59 Å². The van der Waals surface area contributed by atoms with Crippen molar-refractivity contribution in [3.05, 3.63) is 62.5 Å². The Kier molecular flexibility index (Phi) is 3.17. The van der Waals surface area contributed by atoms with E-state index in [-0.39, 0.29) is 11.3 Å². The van der Waals surface area contributed by atoms with Crippen molar-refractivity contribution >= 4 is 32.9 Å². The van der Waals surface area contributed by atoms with Crippen LogP contribution in [0.4, 0.5) is 0 Å². The fourth-order valence-electron chi connectivity index (χ4n) is 2.26. The lowest BCUT2D eigenvalue weighted by molar-refractivity contribution is 0.0697. The number of hydrogen-bond donors (Lipinski definition) is 2. The summed E-state index contributed by atoms with van der Waals surface area (Å²) in [5, 5.41) is 9.09. The van der Waals surface area contributed by atoms with E-state index < -0.39 is 5.97 Å². The number of aromatic carboxylic acids is 1. The van der Waals surface area contributed by atoms with E-state index >= 15 is 0 Å². The van der Waals surface area contributed by atoms with E-state index in [9.17, 15) is 9.59 Å². The molecule has 0 saturated heterocycles. The Bertz CT molecular complexity index is 924. The Hall–Kier alpha value is -2.34. The molecule has 21 heavy (non-hydrogen) atoms. The number of aromatic nitrogens is 2. The number of nitrogens with one attached hydrogen (secondary N) is 1. The van der Waals surface area contributed by atoms with Gasteiger partial charge < -0.3 is 10.1 Å². The maximum atomic E-state index is 12.2. The lowest BCUT2D eigenvalue weighted by Gasteiger charge is -2.06. The molecule has 1 heterocycles. The number of fused-ring (bicyclic) bond motifs is 1. The number of carbonyl (C=O) groups is 1. The number of benzene rings is 2. The number of H-pyrrole nitrogens is 1. The van der Waals surface area contributed by atoms with Gasteiger partial charge in [0, 0.05) is 4.47 Å². The number of imidazole rings is 1. The van der Waals surface area contributed by atoms with Gasteiger partial charge in [-0.05, 0) is 48.9 Å². The first kappa shape index (κ1) is 13.6. The monoisotopic (exact) mass is 346 g/mol. The van der Waals surface area contributed by atoms with Crippen LogP contribution in [0, 0.1) is 6.92 Å². The second-order valence-corrected chi connectivity index (χ2v) is 5.59. The Morgan fingerprint density at radius 3 is 2.67 bits per heavy atom. The quantitative estimate of drug-likeness (QED) is 0.748. The Morgan fingerprint density at radius 1 is 1.24 bits per heavy atom. The number of carboxylic acid groups (broad SMARTS) is 1. The molecule has 0 aliphatic carbocycles. The first-order valence-corrected chi connectivity index (χ1v) is 7.01. The molecule has 0 radical (unpaired) electrons. The molecule has 0 bridgehead atoms. The summed E-state index contributed by atoms with van der Waals surface area (Å²) in [6.07, 6.45) is 0. The van der Waals surface area contributed by atoms with Crippen LogP contribution >= 0.6 is 15.9 Å². The fourth-order valence-corrected chi connectivity index (χ4v) is 2.51. The summed E-state index contributed by atoms with van der Waals surface area (Å²) >= 11 is 3.42. The molecule has 0 unspecified atom stereocenters. The van der Waals surface area contributed by atoms with E-state index in [1.807, 2.05) is 19.1 Å². The number of hydrogen-bond acceptors (Lipinski definition) is 2. The fraction of sp³-hybridized carbons (Fsp3) is 0.0667. The van der Waals surface area contributed by atoms with E-state index in [4.69, 9.17) is 5.11 Å². The predicted molar refractivity (Wildman–Crippen MR) is 83.3 cm³/mol. The van der Waals surface area contributed by atoms with Crippen LogP contribution in [0.15, 0.2) is 45.7 Å². The molecule has 0 fully saturated rings. The summed E-state index contributed by atoms with van der Waals surface area (Å²) in [6.45, 7) is 1.93. The van der Waals surface area contributed by atoms with Crippen LogP contribution in [0.1, 0.15) is 15.9 Å². The smallest absolute Gasteiger partial charge is 0.335 e. The van der Waals surface area contributed by atoms with Crippen molar-refractivity contribution in [2.24, 2.45) is 0 Å². The lowest BCUT2D eigenvalue weighted by Crippen LogP contribution is -2.14. The molecule has 0 spiro atoms. The molecule has 2 N–H and O–H groups in total. The molecule has 106 valence electrons.